The molecule has 3 nitrogen and oxygen atoms in total. The van der Waals surface area contributed by atoms with Gasteiger partial charge in [-0.3, -0.25) is 4.79 Å². The van der Waals surface area contributed by atoms with Crippen molar-refractivity contribution in [3.63, 3.8) is 0 Å². The van der Waals surface area contributed by atoms with Gasteiger partial charge in [-0.25, -0.2) is 0 Å². The number of methoxy groups -OCH3 is 1. The maximum Gasteiger partial charge on any atom is 0.308 e. The van der Waals surface area contributed by atoms with Crippen molar-refractivity contribution in [3.8, 4) is 0 Å². The van der Waals surface area contributed by atoms with Gasteiger partial charge in [0, 0.05) is 17.6 Å². The van der Waals surface area contributed by atoms with Crippen LogP contribution in [0.1, 0.15) is 31.2 Å². The zero-order valence-corrected chi connectivity index (χ0v) is 12.0. The molecule has 1 aliphatic carbocycles. The maximum absolute atomic E-state index is 11.4. The predicted molar refractivity (Wildman–Crippen MR) is 76.1 cm³/mol. The molecule has 0 saturated heterocycles. The minimum absolute atomic E-state index is 0.0591. The molecule has 0 amide bonds. The average Bonchev–Trinajstić information content (AvgIpc) is 2.46. The molecule has 1 aliphatic rings. The van der Waals surface area contributed by atoms with Crippen molar-refractivity contribution in [1.82, 2.24) is 5.32 Å². The lowest BCUT2D eigenvalue weighted by molar-refractivity contribution is -0.146. The molecule has 0 atom stereocenters. The Kier molecular flexibility index (Phi) is 5.23. The fourth-order valence-corrected chi connectivity index (χ4v) is 2.69. The number of halogens is 1. The van der Waals surface area contributed by atoms with Crippen LogP contribution >= 0.6 is 11.6 Å². The number of benzene rings is 1. The van der Waals surface area contributed by atoms with E-state index in [4.69, 9.17) is 16.3 Å². The van der Waals surface area contributed by atoms with Gasteiger partial charge in [0.2, 0.25) is 0 Å². The molecule has 4 heteroatoms. The Morgan fingerprint density at radius 2 is 1.89 bits per heavy atom. The fourth-order valence-electron chi connectivity index (χ4n) is 2.56. The van der Waals surface area contributed by atoms with E-state index < -0.39 is 0 Å². The van der Waals surface area contributed by atoms with Crippen molar-refractivity contribution < 1.29 is 9.53 Å². The summed E-state index contributed by atoms with van der Waals surface area (Å²) in [6.07, 6.45) is 3.91. The summed E-state index contributed by atoms with van der Waals surface area (Å²) >= 11 is 5.86. The molecule has 104 valence electrons. The van der Waals surface area contributed by atoms with E-state index in [1.165, 1.54) is 12.7 Å². The standard InChI is InChI=1S/C15H20ClNO2/c1-19-15(18)12-4-8-14(9-5-12)17-10-11-2-6-13(16)7-3-11/h2-3,6-7,12,14,17H,4-5,8-10H2,1H3. The summed E-state index contributed by atoms with van der Waals surface area (Å²) in [6.45, 7) is 0.852. The van der Waals surface area contributed by atoms with Gasteiger partial charge >= 0.3 is 5.97 Å². The Morgan fingerprint density at radius 1 is 1.26 bits per heavy atom. The molecule has 0 aliphatic heterocycles. The first-order valence-electron chi connectivity index (χ1n) is 6.74. The average molecular weight is 282 g/mol. The number of rotatable bonds is 4. The fraction of sp³-hybridized carbons (Fsp3) is 0.533. The van der Waals surface area contributed by atoms with Crippen LogP contribution in [-0.4, -0.2) is 19.1 Å². The largest absolute Gasteiger partial charge is 0.469 e. The van der Waals surface area contributed by atoms with Crippen LogP contribution in [0.25, 0.3) is 0 Å². The first-order chi connectivity index (χ1) is 9.19. The quantitative estimate of drug-likeness (QED) is 0.862. The van der Waals surface area contributed by atoms with Crippen LogP contribution in [0.5, 0.6) is 0 Å². The monoisotopic (exact) mass is 281 g/mol. The van der Waals surface area contributed by atoms with Gasteiger partial charge in [-0.05, 0) is 43.4 Å². The SMILES string of the molecule is COC(=O)C1CCC(NCc2ccc(Cl)cc2)CC1. The van der Waals surface area contributed by atoms with Crippen molar-refractivity contribution in [2.75, 3.05) is 7.11 Å². The number of carbonyl (C=O) groups excluding carboxylic acids is 1. The topological polar surface area (TPSA) is 38.3 Å². The molecule has 19 heavy (non-hydrogen) atoms. The summed E-state index contributed by atoms with van der Waals surface area (Å²) in [5.74, 6) is 0.0368. The predicted octanol–water partition coefficient (Wildman–Crippen LogP) is 3.16. The molecule has 1 fully saturated rings. The van der Waals surface area contributed by atoms with Crippen molar-refractivity contribution in [2.45, 2.75) is 38.3 Å². The Bertz CT molecular complexity index is 411. The van der Waals surface area contributed by atoms with Gasteiger partial charge in [0.1, 0.15) is 0 Å². The van der Waals surface area contributed by atoms with Crippen molar-refractivity contribution in [3.05, 3.63) is 34.9 Å². The second-order valence-electron chi connectivity index (χ2n) is 5.08. The lowest BCUT2D eigenvalue weighted by Gasteiger charge is -2.27. The van der Waals surface area contributed by atoms with Crippen LogP contribution in [0.15, 0.2) is 24.3 Å². The van der Waals surface area contributed by atoms with Crippen molar-refractivity contribution in [2.24, 2.45) is 5.92 Å². The number of esters is 1. The lowest BCUT2D eigenvalue weighted by atomic mass is 9.86. The number of nitrogens with one attached hydrogen (secondary N) is 1. The summed E-state index contributed by atoms with van der Waals surface area (Å²) in [7, 11) is 1.47. The summed E-state index contributed by atoms with van der Waals surface area (Å²) in [4.78, 5) is 11.4. The van der Waals surface area contributed by atoms with E-state index in [-0.39, 0.29) is 11.9 Å². The smallest absolute Gasteiger partial charge is 0.308 e. The molecule has 1 aromatic rings. The summed E-state index contributed by atoms with van der Waals surface area (Å²) < 4.78 is 4.79. The normalized spacial score (nSPS) is 23.1. The molecule has 1 N–H and O–H groups in total. The van der Waals surface area contributed by atoms with E-state index in [2.05, 4.69) is 5.32 Å². The minimum Gasteiger partial charge on any atom is -0.469 e. The Morgan fingerprint density at radius 3 is 2.47 bits per heavy atom. The van der Waals surface area contributed by atoms with E-state index in [9.17, 15) is 4.79 Å². The number of hydrogen-bond acceptors (Lipinski definition) is 3. The highest BCUT2D eigenvalue weighted by Crippen LogP contribution is 2.25. The Hall–Kier alpha value is -1.06. The zero-order valence-electron chi connectivity index (χ0n) is 11.2. The van der Waals surface area contributed by atoms with Crippen LogP contribution in [0.3, 0.4) is 0 Å². The van der Waals surface area contributed by atoms with E-state index in [1.54, 1.807) is 0 Å². The van der Waals surface area contributed by atoms with E-state index in [1.807, 2.05) is 24.3 Å². The van der Waals surface area contributed by atoms with Gasteiger partial charge in [-0.15, -0.1) is 0 Å². The molecule has 0 radical (unpaired) electrons. The molecule has 0 bridgehead atoms. The highest BCUT2D eigenvalue weighted by Gasteiger charge is 2.26. The molecule has 0 aromatic heterocycles. The van der Waals surface area contributed by atoms with E-state index >= 15 is 0 Å². The molecule has 0 unspecified atom stereocenters. The molecule has 0 spiro atoms. The van der Waals surface area contributed by atoms with Crippen LogP contribution in [0, 0.1) is 5.92 Å². The first kappa shape index (κ1) is 14.4. The summed E-state index contributed by atoms with van der Waals surface area (Å²) in [5.41, 5.74) is 1.24. The third kappa shape index (κ3) is 4.22. The zero-order chi connectivity index (χ0) is 13.7. The minimum atomic E-state index is -0.0591. The van der Waals surface area contributed by atoms with Crippen LogP contribution in [-0.2, 0) is 16.1 Å². The van der Waals surface area contributed by atoms with Crippen LogP contribution in [0.4, 0.5) is 0 Å². The molecular formula is C15H20ClNO2. The van der Waals surface area contributed by atoms with Crippen molar-refractivity contribution >= 4 is 17.6 Å². The maximum atomic E-state index is 11.4. The highest BCUT2D eigenvalue weighted by molar-refractivity contribution is 6.30. The summed E-state index contributed by atoms with van der Waals surface area (Å²) in [6, 6.07) is 8.39. The van der Waals surface area contributed by atoms with E-state index in [0.717, 1.165) is 37.3 Å². The molecule has 2 rings (SSSR count). The van der Waals surface area contributed by atoms with Crippen LogP contribution in [0.2, 0.25) is 5.02 Å². The van der Waals surface area contributed by atoms with Gasteiger partial charge in [0.15, 0.2) is 0 Å². The van der Waals surface area contributed by atoms with Crippen molar-refractivity contribution in [1.29, 1.82) is 0 Å². The first-order valence-corrected chi connectivity index (χ1v) is 7.12. The number of hydrogen-bond donors (Lipinski definition) is 1. The molecule has 1 aromatic carbocycles. The second kappa shape index (κ2) is 6.92. The van der Waals surface area contributed by atoms with Gasteiger partial charge in [-0.2, -0.15) is 0 Å². The third-order valence-corrected chi connectivity index (χ3v) is 4.02. The number of carbonyl (C=O) groups is 1. The van der Waals surface area contributed by atoms with Gasteiger partial charge < -0.3 is 10.1 Å². The van der Waals surface area contributed by atoms with Gasteiger partial charge in [-0.1, -0.05) is 23.7 Å². The third-order valence-electron chi connectivity index (χ3n) is 3.77. The molecular weight excluding hydrogens is 262 g/mol. The molecule has 0 heterocycles. The Balaban J connectivity index is 1.74. The van der Waals surface area contributed by atoms with E-state index in [0.29, 0.717) is 6.04 Å². The highest BCUT2D eigenvalue weighted by atomic mass is 35.5. The van der Waals surface area contributed by atoms with Gasteiger partial charge in [0.25, 0.3) is 0 Å². The molecule has 1 saturated carbocycles. The lowest BCUT2D eigenvalue weighted by Crippen LogP contribution is -2.34. The van der Waals surface area contributed by atoms with Crippen LogP contribution < -0.4 is 5.32 Å². The van der Waals surface area contributed by atoms with Gasteiger partial charge in [0.05, 0.1) is 13.0 Å². The second-order valence-corrected chi connectivity index (χ2v) is 5.52. The number of ether oxygens (including phenoxy) is 1. The Labute approximate surface area is 119 Å². The summed E-state index contributed by atoms with van der Waals surface area (Å²) in [5, 5.41) is 4.31.